The molecule has 20 heavy (non-hydrogen) atoms. The fourth-order valence-electron chi connectivity index (χ4n) is 2.35. The van der Waals surface area contributed by atoms with Crippen LogP contribution in [0.5, 0.6) is 0 Å². The van der Waals surface area contributed by atoms with Crippen LogP contribution in [0.4, 0.5) is 0 Å². The predicted octanol–water partition coefficient (Wildman–Crippen LogP) is 0.723. The minimum atomic E-state index is 0. The fraction of sp³-hybridized carbons (Fsp3) is 0.385. The van der Waals surface area contributed by atoms with Gasteiger partial charge in [0.05, 0.1) is 0 Å². The second-order valence-electron chi connectivity index (χ2n) is 4.32. The summed E-state index contributed by atoms with van der Waals surface area (Å²) < 4.78 is 1.32. The number of nitrogens with one attached hydrogen (secondary N) is 1. The zero-order chi connectivity index (χ0) is 11.0. The van der Waals surface area contributed by atoms with Gasteiger partial charge in [-0.2, -0.15) is 0 Å². The van der Waals surface area contributed by atoms with Gasteiger partial charge in [0.2, 0.25) is 0 Å². The maximum Gasteiger partial charge on any atom is 0.0492 e. The summed E-state index contributed by atoms with van der Waals surface area (Å²) in [5.41, 5.74) is 0. The van der Waals surface area contributed by atoms with Gasteiger partial charge in [-0.1, -0.05) is 17.7 Å². The zero-order valence-corrected chi connectivity index (χ0v) is 12.6. The largest absolute Gasteiger partial charge is 0.412 e. The van der Waals surface area contributed by atoms with Crippen molar-refractivity contribution in [2.24, 2.45) is 0 Å². The van der Waals surface area contributed by atoms with Crippen LogP contribution in [-0.2, 0) is 0 Å². The van der Waals surface area contributed by atoms with Gasteiger partial charge in [-0.3, -0.25) is 0 Å². The number of benzene rings is 1. The topological polar surface area (TPSA) is 138 Å². The summed E-state index contributed by atoms with van der Waals surface area (Å²) in [7, 11) is 0. The van der Waals surface area contributed by atoms with Crippen molar-refractivity contribution in [2.45, 2.75) is 18.8 Å². The summed E-state index contributed by atoms with van der Waals surface area (Å²) in [4.78, 5) is 1.50. The lowest BCUT2D eigenvalue weighted by Crippen LogP contribution is -2.26. The number of piperidine rings is 1. The van der Waals surface area contributed by atoms with Crippen LogP contribution in [0.25, 0.3) is 10.1 Å². The van der Waals surface area contributed by atoms with E-state index in [1.807, 2.05) is 23.5 Å². The lowest BCUT2D eigenvalue weighted by molar-refractivity contribution is 0.465. The Morgan fingerprint density at radius 1 is 1.05 bits per heavy atom. The fourth-order valence-corrected chi connectivity index (χ4v) is 3.90. The molecule has 1 saturated heterocycles. The van der Waals surface area contributed by atoms with Crippen molar-refractivity contribution in [3.05, 3.63) is 34.2 Å². The first kappa shape index (κ1) is 21.6. The van der Waals surface area contributed by atoms with Crippen LogP contribution in [0.15, 0.2) is 24.3 Å². The summed E-state index contributed by atoms with van der Waals surface area (Å²) in [6.07, 6.45) is 2.51. The van der Waals surface area contributed by atoms with Crippen LogP contribution in [0.1, 0.15) is 23.6 Å². The number of thiophene rings is 1. The molecule has 5 nitrogen and oxygen atoms in total. The molecule has 1 aliphatic rings. The molecule has 0 aliphatic carbocycles. The van der Waals surface area contributed by atoms with Crippen molar-refractivity contribution in [3.63, 3.8) is 0 Å². The van der Waals surface area contributed by atoms with E-state index < -0.39 is 0 Å². The van der Waals surface area contributed by atoms with Gasteiger partial charge in [0.25, 0.3) is 0 Å². The Bertz CT molecular complexity index is 514. The first-order valence-electron chi connectivity index (χ1n) is 5.73. The molecule has 3 rings (SSSR count). The number of fused-ring (bicyclic) bond motifs is 1. The van der Waals surface area contributed by atoms with E-state index in [2.05, 4.69) is 17.4 Å². The molecule has 0 amide bonds. The molecule has 116 valence electrons. The third kappa shape index (κ3) is 4.13. The first-order chi connectivity index (χ1) is 7.84. The van der Waals surface area contributed by atoms with E-state index in [0.29, 0.717) is 0 Å². The van der Waals surface area contributed by atoms with Gasteiger partial charge >= 0.3 is 0 Å². The van der Waals surface area contributed by atoms with E-state index in [-0.39, 0.29) is 21.9 Å². The molecule has 2 heterocycles. The Hall–Kier alpha value is -0.730. The van der Waals surface area contributed by atoms with Gasteiger partial charge in [-0.05, 0) is 50.0 Å². The van der Waals surface area contributed by atoms with Gasteiger partial charge in [0, 0.05) is 20.0 Å². The van der Waals surface area contributed by atoms with Gasteiger partial charge in [-0.25, -0.2) is 0 Å². The summed E-state index contributed by atoms with van der Waals surface area (Å²) in [5, 5.41) is 5.52. The van der Waals surface area contributed by atoms with Gasteiger partial charge in [-0.15, -0.1) is 11.3 Å². The number of hydrogen-bond donors (Lipinski definition) is 1. The van der Waals surface area contributed by atoms with E-state index in [4.69, 9.17) is 11.6 Å². The van der Waals surface area contributed by atoms with E-state index in [0.717, 1.165) is 24.0 Å². The molecule has 1 fully saturated rings. The first-order valence-corrected chi connectivity index (χ1v) is 6.93. The molecule has 2 aromatic rings. The highest BCUT2D eigenvalue weighted by Gasteiger charge is 2.17. The number of rotatable bonds is 1. The van der Waals surface area contributed by atoms with Crippen molar-refractivity contribution in [1.29, 1.82) is 0 Å². The maximum absolute atomic E-state index is 6.20. The van der Waals surface area contributed by atoms with E-state index >= 15 is 0 Å². The predicted molar refractivity (Wildman–Crippen MR) is 86.1 cm³/mol. The van der Waals surface area contributed by atoms with Crippen LogP contribution in [0, 0.1) is 0 Å². The van der Waals surface area contributed by atoms with Gasteiger partial charge in [0.15, 0.2) is 0 Å². The number of hydrogen-bond acceptors (Lipinski definition) is 2. The lowest BCUT2D eigenvalue weighted by atomic mass is 9.96. The Morgan fingerprint density at radius 3 is 2.30 bits per heavy atom. The van der Waals surface area contributed by atoms with Crippen LogP contribution in [0.2, 0.25) is 5.02 Å². The highest BCUT2D eigenvalue weighted by molar-refractivity contribution is 7.19. The molecule has 0 atom stereocenters. The highest BCUT2D eigenvalue weighted by Crippen LogP contribution is 2.37. The SMILES string of the molecule is Clc1cccc2sc(C3CCNCC3)cc12.O.O.O.O. The third-order valence-corrected chi connectivity index (χ3v) is 4.86. The van der Waals surface area contributed by atoms with Crippen LogP contribution < -0.4 is 5.32 Å². The Morgan fingerprint density at radius 2 is 1.70 bits per heavy atom. The molecule has 7 heteroatoms. The maximum atomic E-state index is 6.20. The molecule has 1 aromatic heterocycles. The second-order valence-corrected chi connectivity index (χ2v) is 5.85. The molecule has 1 aliphatic heterocycles. The standard InChI is InChI=1S/C13H14ClNS.4H2O/c14-11-2-1-3-12-10(11)8-13(16-12)9-4-6-15-7-5-9;;;;/h1-3,8-9,15H,4-7H2;4*1H2. The molecule has 0 spiro atoms. The molecule has 0 saturated carbocycles. The quantitative estimate of drug-likeness (QED) is 0.812. The van der Waals surface area contributed by atoms with Crippen molar-refractivity contribution in [3.8, 4) is 0 Å². The third-order valence-electron chi connectivity index (χ3n) is 3.27. The van der Waals surface area contributed by atoms with E-state index in [1.165, 1.54) is 27.8 Å². The van der Waals surface area contributed by atoms with Crippen LogP contribution >= 0.6 is 22.9 Å². The van der Waals surface area contributed by atoms with E-state index in [9.17, 15) is 0 Å². The smallest absolute Gasteiger partial charge is 0.0492 e. The molecular weight excluding hydrogens is 302 g/mol. The average molecular weight is 324 g/mol. The summed E-state index contributed by atoms with van der Waals surface area (Å²) in [5.74, 6) is 0.731. The van der Waals surface area contributed by atoms with Crippen molar-refractivity contribution < 1.29 is 21.9 Å². The normalized spacial score (nSPS) is 14.4. The molecule has 0 unspecified atom stereocenters. The number of halogens is 1. The molecule has 1 aromatic carbocycles. The summed E-state index contributed by atoms with van der Waals surface area (Å²) >= 11 is 8.11. The Labute approximate surface area is 126 Å². The highest BCUT2D eigenvalue weighted by atomic mass is 35.5. The van der Waals surface area contributed by atoms with Crippen molar-refractivity contribution in [2.75, 3.05) is 13.1 Å². The van der Waals surface area contributed by atoms with Crippen LogP contribution in [-0.4, -0.2) is 35.0 Å². The second kappa shape index (κ2) is 9.25. The molecule has 9 N–H and O–H groups in total. The molecular formula is C13H22ClNO4S. The minimum Gasteiger partial charge on any atom is -0.412 e. The monoisotopic (exact) mass is 323 g/mol. The van der Waals surface area contributed by atoms with Crippen molar-refractivity contribution >= 4 is 33.0 Å². The molecule has 0 bridgehead atoms. The molecule has 0 radical (unpaired) electrons. The zero-order valence-electron chi connectivity index (χ0n) is 11.0. The summed E-state index contributed by atoms with van der Waals surface area (Å²) in [6.45, 7) is 2.29. The Balaban J connectivity index is 0. The average Bonchev–Trinajstić information content (AvgIpc) is 2.76. The Kier molecular flexibility index (Phi) is 9.98. The minimum absolute atomic E-state index is 0. The van der Waals surface area contributed by atoms with Gasteiger partial charge < -0.3 is 27.2 Å². The van der Waals surface area contributed by atoms with Gasteiger partial charge in [0.1, 0.15) is 0 Å². The van der Waals surface area contributed by atoms with Crippen molar-refractivity contribution in [1.82, 2.24) is 5.32 Å². The lowest BCUT2D eigenvalue weighted by Gasteiger charge is -2.21. The van der Waals surface area contributed by atoms with E-state index in [1.54, 1.807) is 0 Å². The summed E-state index contributed by atoms with van der Waals surface area (Å²) in [6, 6.07) is 8.46. The van der Waals surface area contributed by atoms with Crippen LogP contribution in [0.3, 0.4) is 0 Å².